The van der Waals surface area contributed by atoms with E-state index in [0.29, 0.717) is 5.75 Å². The Bertz CT molecular complexity index is 1410. The zero-order valence-electron chi connectivity index (χ0n) is 21.2. The number of anilines is 1. The van der Waals surface area contributed by atoms with Gasteiger partial charge in [0.25, 0.3) is 0 Å². The standard InChI is InChI=1S/C28H31N5O4/c1-30-12-14-33(15-13-30)28(36)18-7-10-32(11-8-18)20-6-9-29-27-24(20)19(17-31(27)2)16-23-26(35)25-21(34)4-3-5-22(25)37-23/h3-6,9,16-18,34H,7-8,10-15H2,1-2H3/b23-16-. The Balaban J connectivity index is 1.25. The number of hydrogen-bond acceptors (Lipinski definition) is 7. The fraction of sp³-hybridized carbons (Fsp3) is 0.393. The zero-order valence-corrected chi connectivity index (χ0v) is 21.2. The van der Waals surface area contributed by atoms with E-state index in [2.05, 4.69) is 21.8 Å². The zero-order chi connectivity index (χ0) is 25.7. The number of piperazine rings is 1. The molecule has 0 atom stereocenters. The predicted octanol–water partition coefficient (Wildman–Crippen LogP) is 2.89. The van der Waals surface area contributed by atoms with E-state index in [1.54, 1.807) is 24.4 Å². The van der Waals surface area contributed by atoms with Crippen LogP contribution >= 0.6 is 0 Å². The lowest BCUT2D eigenvalue weighted by Crippen LogP contribution is -2.50. The first kappa shape index (κ1) is 23.5. The predicted molar refractivity (Wildman–Crippen MR) is 141 cm³/mol. The van der Waals surface area contributed by atoms with Gasteiger partial charge in [0.15, 0.2) is 5.76 Å². The largest absolute Gasteiger partial charge is 0.507 e. The summed E-state index contributed by atoms with van der Waals surface area (Å²) >= 11 is 0. The average molecular weight is 502 g/mol. The van der Waals surface area contributed by atoms with E-state index in [9.17, 15) is 14.7 Å². The molecule has 0 saturated carbocycles. The number of piperidine rings is 1. The van der Waals surface area contributed by atoms with Crippen molar-refractivity contribution < 1.29 is 19.4 Å². The van der Waals surface area contributed by atoms with Gasteiger partial charge in [0.05, 0.1) is 0 Å². The lowest BCUT2D eigenvalue weighted by Gasteiger charge is -2.38. The van der Waals surface area contributed by atoms with Gasteiger partial charge in [-0.05, 0) is 44.2 Å². The summed E-state index contributed by atoms with van der Waals surface area (Å²) in [5.41, 5.74) is 2.87. The van der Waals surface area contributed by atoms with Gasteiger partial charge >= 0.3 is 0 Å². The number of aryl methyl sites for hydroxylation is 1. The smallest absolute Gasteiger partial charge is 0.235 e. The molecule has 0 bridgehead atoms. The summed E-state index contributed by atoms with van der Waals surface area (Å²) in [6.45, 7) is 5.05. The number of ketones is 1. The second-order valence-electron chi connectivity index (χ2n) is 10.2. The van der Waals surface area contributed by atoms with Crippen LogP contribution in [0.3, 0.4) is 0 Å². The van der Waals surface area contributed by atoms with E-state index in [4.69, 9.17) is 4.74 Å². The quantitative estimate of drug-likeness (QED) is 0.552. The number of aromatic nitrogens is 2. The normalized spacial score (nSPS) is 20.1. The molecule has 192 valence electrons. The molecular weight excluding hydrogens is 470 g/mol. The van der Waals surface area contributed by atoms with Crippen molar-refractivity contribution in [2.24, 2.45) is 13.0 Å². The Labute approximate surface area is 215 Å². The fourth-order valence-corrected chi connectivity index (χ4v) is 5.70. The number of aromatic hydroxyl groups is 1. The highest BCUT2D eigenvalue weighted by Crippen LogP contribution is 2.39. The van der Waals surface area contributed by atoms with Gasteiger partial charge in [-0.15, -0.1) is 0 Å². The number of benzene rings is 1. The molecule has 1 N–H and O–H groups in total. The molecule has 3 aromatic rings. The lowest BCUT2D eigenvalue weighted by atomic mass is 9.94. The summed E-state index contributed by atoms with van der Waals surface area (Å²) in [5, 5.41) is 11.1. The second kappa shape index (κ2) is 9.23. The van der Waals surface area contributed by atoms with Crippen LogP contribution in [0.15, 0.2) is 42.4 Å². The average Bonchev–Trinajstić information content (AvgIpc) is 3.41. The molecule has 0 aliphatic carbocycles. The molecule has 9 heteroatoms. The number of rotatable bonds is 3. The molecular formula is C28H31N5O4. The Kier molecular flexibility index (Phi) is 5.87. The minimum absolute atomic E-state index is 0.0602. The molecule has 37 heavy (non-hydrogen) atoms. The Morgan fingerprint density at radius 1 is 1.08 bits per heavy atom. The first-order valence-electron chi connectivity index (χ1n) is 12.8. The molecule has 6 rings (SSSR count). The molecule has 9 nitrogen and oxygen atoms in total. The molecule has 2 aromatic heterocycles. The van der Waals surface area contributed by atoms with E-state index in [0.717, 1.165) is 74.4 Å². The highest BCUT2D eigenvalue weighted by atomic mass is 16.5. The molecule has 0 radical (unpaired) electrons. The number of amides is 1. The summed E-state index contributed by atoms with van der Waals surface area (Å²) in [6.07, 6.45) is 7.11. The number of carbonyl (C=O) groups excluding carboxylic acids is 2. The first-order valence-corrected chi connectivity index (χ1v) is 12.8. The molecule has 2 saturated heterocycles. The topological polar surface area (TPSA) is 91.1 Å². The number of hydrogen-bond donors (Lipinski definition) is 1. The number of fused-ring (bicyclic) bond motifs is 2. The molecule has 5 heterocycles. The van der Waals surface area contributed by atoms with Crippen molar-refractivity contribution in [3.8, 4) is 11.5 Å². The van der Waals surface area contributed by atoms with Crippen molar-refractivity contribution in [2.45, 2.75) is 12.8 Å². The van der Waals surface area contributed by atoms with Crippen LogP contribution in [0.5, 0.6) is 11.5 Å². The molecule has 1 aromatic carbocycles. The highest BCUT2D eigenvalue weighted by molar-refractivity contribution is 6.17. The van der Waals surface area contributed by atoms with E-state index in [1.165, 1.54) is 6.07 Å². The monoisotopic (exact) mass is 501 g/mol. The van der Waals surface area contributed by atoms with E-state index < -0.39 is 0 Å². The summed E-state index contributed by atoms with van der Waals surface area (Å²) in [6, 6.07) is 6.83. The third-order valence-electron chi connectivity index (χ3n) is 7.83. The highest BCUT2D eigenvalue weighted by Gasteiger charge is 2.32. The van der Waals surface area contributed by atoms with Crippen LogP contribution in [0, 0.1) is 5.92 Å². The van der Waals surface area contributed by atoms with Gasteiger partial charge < -0.3 is 29.1 Å². The summed E-state index contributed by atoms with van der Waals surface area (Å²) in [5.74, 6) is 0.471. The fourth-order valence-electron chi connectivity index (χ4n) is 5.70. The van der Waals surface area contributed by atoms with Crippen LogP contribution < -0.4 is 9.64 Å². The molecule has 3 aliphatic heterocycles. The summed E-state index contributed by atoms with van der Waals surface area (Å²) in [4.78, 5) is 37.3. The molecule has 2 fully saturated rings. The maximum absolute atomic E-state index is 13.1. The number of pyridine rings is 1. The van der Waals surface area contributed by atoms with Gasteiger partial charge in [-0.1, -0.05) is 6.07 Å². The molecule has 0 unspecified atom stereocenters. The van der Waals surface area contributed by atoms with Gasteiger partial charge in [0.2, 0.25) is 11.7 Å². The van der Waals surface area contributed by atoms with Crippen molar-refractivity contribution in [2.75, 3.05) is 51.2 Å². The minimum Gasteiger partial charge on any atom is -0.507 e. The van der Waals surface area contributed by atoms with Crippen molar-refractivity contribution >= 4 is 34.5 Å². The van der Waals surface area contributed by atoms with Crippen molar-refractivity contribution in [3.63, 3.8) is 0 Å². The van der Waals surface area contributed by atoms with Crippen LogP contribution in [-0.4, -0.2) is 82.5 Å². The maximum Gasteiger partial charge on any atom is 0.235 e. The second-order valence-corrected chi connectivity index (χ2v) is 10.2. The van der Waals surface area contributed by atoms with Crippen molar-refractivity contribution in [1.29, 1.82) is 0 Å². The van der Waals surface area contributed by atoms with Gasteiger partial charge in [-0.3, -0.25) is 9.59 Å². The number of nitrogens with zero attached hydrogens (tertiary/aromatic N) is 5. The Hall–Kier alpha value is -3.85. The first-order chi connectivity index (χ1) is 17.9. The summed E-state index contributed by atoms with van der Waals surface area (Å²) < 4.78 is 7.76. The molecule has 3 aliphatic rings. The third-order valence-corrected chi connectivity index (χ3v) is 7.83. The van der Waals surface area contributed by atoms with Crippen LogP contribution in [0.2, 0.25) is 0 Å². The SMILES string of the molecule is CN1CCN(C(=O)C2CCN(c3ccnc4c3c(/C=C3\Oc5cccc(O)c5C3=O)cn4C)CC2)CC1. The number of Topliss-reactive ketones (excluding diaryl/α,β-unsaturated/α-hetero) is 1. The van der Waals surface area contributed by atoms with Gasteiger partial charge in [0.1, 0.15) is 22.7 Å². The Morgan fingerprint density at radius 2 is 1.84 bits per heavy atom. The molecule has 0 spiro atoms. The van der Waals surface area contributed by atoms with Crippen molar-refractivity contribution in [1.82, 2.24) is 19.4 Å². The molecule has 1 amide bonds. The van der Waals surface area contributed by atoms with E-state index >= 15 is 0 Å². The number of ether oxygens (including phenoxy) is 1. The third kappa shape index (κ3) is 4.13. The van der Waals surface area contributed by atoms with E-state index in [1.807, 2.05) is 28.8 Å². The van der Waals surface area contributed by atoms with Crippen LogP contribution in [0.1, 0.15) is 28.8 Å². The number of phenols is 1. The number of carbonyl (C=O) groups is 2. The van der Waals surface area contributed by atoms with E-state index in [-0.39, 0.29) is 34.7 Å². The minimum atomic E-state index is -0.334. The van der Waals surface area contributed by atoms with Crippen LogP contribution in [0.4, 0.5) is 5.69 Å². The number of phenolic OH excluding ortho intramolecular Hbond substituents is 1. The maximum atomic E-state index is 13.1. The Morgan fingerprint density at radius 3 is 2.57 bits per heavy atom. The van der Waals surface area contributed by atoms with Crippen LogP contribution in [0.25, 0.3) is 17.1 Å². The number of allylic oxidation sites excluding steroid dienone is 1. The lowest BCUT2D eigenvalue weighted by molar-refractivity contribution is -0.137. The van der Waals surface area contributed by atoms with Gasteiger partial charge in [-0.25, -0.2) is 4.98 Å². The van der Waals surface area contributed by atoms with Gasteiger partial charge in [-0.2, -0.15) is 0 Å². The number of likely N-dealkylation sites (N-methyl/N-ethyl adjacent to an activating group) is 1. The van der Waals surface area contributed by atoms with Gasteiger partial charge in [0, 0.05) is 81.3 Å². The van der Waals surface area contributed by atoms with Crippen molar-refractivity contribution in [3.05, 3.63) is 53.5 Å². The van der Waals surface area contributed by atoms with Crippen LogP contribution in [-0.2, 0) is 11.8 Å². The summed E-state index contributed by atoms with van der Waals surface area (Å²) in [7, 11) is 4.03.